The molecule has 0 aromatic heterocycles. The zero-order chi connectivity index (χ0) is 28.7. The van der Waals surface area contributed by atoms with Crippen LogP contribution in [0.25, 0.3) is 0 Å². The van der Waals surface area contributed by atoms with Gasteiger partial charge in [0.2, 0.25) is 0 Å². The monoisotopic (exact) mass is 561 g/mol. The molecule has 0 aliphatic heterocycles. The molecule has 4 N–H and O–H groups in total. The van der Waals surface area contributed by atoms with Crippen LogP contribution in [-0.2, 0) is 26.4 Å². The summed E-state index contributed by atoms with van der Waals surface area (Å²) >= 11 is 0. The zero-order valence-corrected chi connectivity index (χ0v) is 24.2. The van der Waals surface area contributed by atoms with Crippen molar-refractivity contribution in [3.8, 4) is 28.7 Å². The summed E-state index contributed by atoms with van der Waals surface area (Å²) in [7, 11) is 4.68. The van der Waals surface area contributed by atoms with Crippen molar-refractivity contribution in [3.63, 3.8) is 0 Å². The Hall–Kier alpha value is -3.07. The highest BCUT2D eigenvalue weighted by Gasteiger charge is 2.54. The Labute approximate surface area is 229 Å². The third-order valence-corrected chi connectivity index (χ3v) is 11.7. The van der Waals surface area contributed by atoms with Crippen LogP contribution in [0.3, 0.4) is 0 Å². The molecule has 0 saturated heterocycles. The second kappa shape index (κ2) is 13.3. The lowest BCUT2D eigenvalue weighted by Crippen LogP contribution is -2.40. The van der Waals surface area contributed by atoms with E-state index < -0.39 is 7.26 Å². The fourth-order valence-corrected chi connectivity index (χ4v) is 10.4. The Morgan fingerprint density at radius 2 is 0.923 bits per heavy atom. The predicted molar refractivity (Wildman–Crippen MR) is 152 cm³/mol. The minimum absolute atomic E-state index is 0.232. The number of rotatable bonds is 13. The molecule has 1 unspecified atom stereocenters. The lowest BCUT2D eigenvalue weighted by atomic mass is 10.1. The van der Waals surface area contributed by atoms with Crippen LogP contribution < -0.4 is 39.6 Å². The average molecular weight is 562 g/mol. The first kappa shape index (κ1) is 30.5. The van der Waals surface area contributed by atoms with Gasteiger partial charge in [-0.2, -0.15) is 0 Å². The van der Waals surface area contributed by atoms with Gasteiger partial charge in [0.15, 0.2) is 27.9 Å². The number of hydrogen-bond donors (Lipinski definition) is 4. The smallest absolute Gasteiger partial charge is 0.188 e. The lowest BCUT2D eigenvalue weighted by Gasteiger charge is -2.34. The van der Waals surface area contributed by atoms with Crippen molar-refractivity contribution in [3.05, 3.63) is 58.7 Å². The van der Waals surface area contributed by atoms with Gasteiger partial charge in [0, 0.05) is 22.8 Å². The molecule has 0 fully saturated rings. The number of hydrogen-bond acceptors (Lipinski definition) is 9. The van der Waals surface area contributed by atoms with Crippen molar-refractivity contribution < 1.29 is 44.1 Å². The van der Waals surface area contributed by atoms with Crippen molar-refractivity contribution in [1.29, 1.82) is 0 Å². The van der Waals surface area contributed by atoms with Gasteiger partial charge in [0.05, 0.1) is 68.1 Å². The van der Waals surface area contributed by atoms with E-state index >= 15 is 0 Å². The molecule has 0 aliphatic carbocycles. The molecule has 3 aromatic carbocycles. The molecule has 3 rings (SSSR count). The summed E-state index contributed by atoms with van der Waals surface area (Å²) in [6.45, 7) is 0.763. The van der Waals surface area contributed by atoms with E-state index in [-0.39, 0.29) is 26.4 Å². The third kappa shape index (κ3) is 5.38. The molecule has 212 valence electrons. The van der Waals surface area contributed by atoms with Crippen LogP contribution in [0.4, 0.5) is 0 Å². The molecule has 0 bridgehead atoms. The van der Waals surface area contributed by atoms with Gasteiger partial charge < -0.3 is 44.1 Å². The zero-order valence-electron chi connectivity index (χ0n) is 23.3. The summed E-state index contributed by atoms with van der Waals surface area (Å²) in [5.41, 5.74) is 2.24. The highest BCUT2D eigenvalue weighted by atomic mass is 31.2. The maximum atomic E-state index is 10.7. The van der Waals surface area contributed by atoms with Crippen LogP contribution in [0, 0.1) is 0 Å². The Bertz CT molecular complexity index is 1060. The SMILES string of the molecule is CC[P+](c1c(CO)cc(OC)cc1CO)(c1c(CO)cc(OC)cc1OC)c1c(OC)cc(CO)cc1OC. The van der Waals surface area contributed by atoms with Crippen LogP contribution >= 0.6 is 7.26 Å². The molecule has 0 radical (unpaired) electrons. The lowest BCUT2D eigenvalue weighted by molar-refractivity contribution is 0.276. The fourth-order valence-electron chi connectivity index (χ4n) is 5.27. The molecule has 3 aromatic rings. The van der Waals surface area contributed by atoms with E-state index in [0.29, 0.717) is 73.1 Å². The summed E-state index contributed by atoms with van der Waals surface area (Å²) in [4.78, 5) is 0. The van der Waals surface area contributed by atoms with Gasteiger partial charge in [0.1, 0.15) is 24.1 Å². The Morgan fingerprint density at radius 1 is 0.513 bits per heavy atom. The molecule has 0 heterocycles. The number of benzene rings is 3. The van der Waals surface area contributed by atoms with E-state index in [0.717, 1.165) is 0 Å². The summed E-state index contributed by atoms with van der Waals surface area (Å²) < 4.78 is 28.8. The standard InChI is InChI=1S/C29H38O9P/c1-7-39(27-19(15-31)10-22(34-2)11-20(27)16-32,28-21(17-33)12-23(35-3)13-26(28)38-6)29-24(36-4)8-18(14-30)9-25(29)37-5/h8-13,30-33H,7,14-17H2,1-6H3/q+1. The van der Waals surface area contributed by atoms with E-state index in [1.807, 2.05) is 6.92 Å². The van der Waals surface area contributed by atoms with Gasteiger partial charge in [0.25, 0.3) is 0 Å². The predicted octanol–water partition coefficient (Wildman–Crippen LogP) is 2.01. The molecule has 0 aliphatic rings. The van der Waals surface area contributed by atoms with E-state index in [1.54, 1.807) is 43.5 Å². The molecule has 0 spiro atoms. The van der Waals surface area contributed by atoms with Crippen LogP contribution in [0.15, 0.2) is 36.4 Å². The largest absolute Gasteiger partial charge is 0.497 e. The maximum Gasteiger partial charge on any atom is 0.188 e. The van der Waals surface area contributed by atoms with Crippen LogP contribution in [0.1, 0.15) is 29.2 Å². The number of aliphatic hydroxyl groups is 4. The fraction of sp³-hybridized carbons (Fsp3) is 0.379. The number of methoxy groups -OCH3 is 5. The van der Waals surface area contributed by atoms with Gasteiger partial charge in [-0.3, -0.25) is 0 Å². The first-order valence-corrected chi connectivity index (χ1v) is 14.4. The van der Waals surface area contributed by atoms with Gasteiger partial charge in [-0.05, 0) is 42.8 Å². The van der Waals surface area contributed by atoms with E-state index in [9.17, 15) is 20.4 Å². The minimum Gasteiger partial charge on any atom is -0.497 e. The average Bonchev–Trinajstić information content (AvgIpc) is 3.00. The third-order valence-electron chi connectivity index (χ3n) is 6.91. The molecule has 9 nitrogen and oxygen atoms in total. The summed E-state index contributed by atoms with van der Waals surface area (Å²) in [6, 6.07) is 10.5. The Balaban J connectivity index is 2.74. The first-order valence-electron chi connectivity index (χ1n) is 12.4. The molecular formula is C29H38O9P+. The summed E-state index contributed by atoms with van der Waals surface area (Å²) in [5.74, 6) is 2.37. The van der Waals surface area contributed by atoms with Gasteiger partial charge >= 0.3 is 0 Å². The van der Waals surface area contributed by atoms with Crippen molar-refractivity contribution in [1.82, 2.24) is 0 Å². The second-order valence-electron chi connectivity index (χ2n) is 8.74. The summed E-state index contributed by atoms with van der Waals surface area (Å²) in [6.07, 6.45) is 0.472. The topological polar surface area (TPSA) is 127 Å². The molecule has 10 heteroatoms. The van der Waals surface area contributed by atoms with Crippen molar-refractivity contribution in [2.24, 2.45) is 0 Å². The Kier molecular flexibility index (Phi) is 10.4. The first-order chi connectivity index (χ1) is 18.9. The van der Waals surface area contributed by atoms with Crippen LogP contribution in [0.2, 0.25) is 0 Å². The normalized spacial score (nSPS) is 12.6. The number of aliphatic hydroxyl groups excluding tert-OH is 4. The number of ether oxygens (including phenoxy) is 5. The molecule has 1 atom stereocenters. The molecule has 39 heavy (non-hydrogen) atoms. The molecule has 0 amide bonds. The second-order valence-corrected chi connectivity index (χ2v) is 12.3. The minimum atomic E-state index is -3.00. The van der Waals surface area contributed by atoms with E-state index in [1.165, 1.54) is 28.4 Å². The molecular weight excluding hydrogens is 523 g/mol. The van der Waals surface area contributed by atoms with Crippen molar-refractivity contribution in [2.45, 2.75) is 33.4 Å². The Morgan fingerprint density at radius 3 is 1.28 bits per heavy atom. The van der Waals surface area contributed by atoms with Gasteiger partial charge in [-0.15, -0.1) is 0 Å². The molecule has 0 saturated carbocycles. The highest BCUT2D eigenvalue weighted by molar-refractivity contribution is 7.96. The van der Waals surface area contributed by atoms with Crippen LogP contribution in [0.5, 0.6) is 28.7 Å². The van der Waals surface area contributed by atoms with E-state index in [4.69, 9.17) is 23.7 Å². The van der Waals surface area contributed by atoms with Crippen molar-refractivity contribution in [2.75, 3.05) is 41.7 Å². The quantitative estimate of drug-likeness (QED) is 0.232. The highest BCUT2D eigenvalue weighted by Crippen LogP contribution is 2.63. The van der Waals surface area contributed by atoms with Gasteiger partial charge in [-0.25, -0.2) is 0 Å². The summed E-state index contributed by atoms with van der Waals surface area (Å²) in [5, 5.41) is 44.0. The van der Waals surface area contributed by atoms with Crippen molar-refractivity contribution >= 4 is 23.2 Å². The van der Waals surface area contributed by atoms with E-state index in [2.05, 4.69) is 0 Å². The maximum absolute atomic E-state index is 10.7. The van der Waals surface area contributed by atoms with Gasteiger partial charge in [-0.1, -0.05) is 0 Å². The van der Waals surface area contributed by atoms with Crippen LogP contribution in [-0.4, -0.2) is 62.1 Å².